The molecule has 104 valence electrons. The molecule has 1 aromatic rings. The van der Waals surface area contributed by atoms with E-state index < -0.39 is 6.04 Å². The quantitative estimate of drug-likeness (QED) is 0.922. The number of aryl methyl sites for hydroxylation is 1. The van der Waals surface area contributed by atoms with Gasteiger partial charge in [0.2, 0.25) is 5.91 Å². The molecular formula is C14H20N2O2S. The minimum atomic E-state index is -0.452. The number of nitrogens with zero attached hydrogens (tertiary/aromatic N) is 1. The van der Waals surface area contributed by atoms with Crippen molar-refractivity contribution in [2.75, 3.05) is 13.1 Å². The van der Waals surface area contributed by atoms with Gasteiger partial charge >= 0.3 is 0 Å². The summed E-state index contributed by atoms with van der Waals surface area (Å²) in [6, 6.07) is 1.46. The number of hydrogen-bond donors (Lipinski definition) is 1. The van der Waals surface area contributed by atoms with Gasteiger partial charge in [0.1, 0.15) is 6.04 Å². The van der Waals surface area contributed by atoms with E-state index >= 15 is 0 Å². The molecule has 0 saturated carbocycles. The molecule has 1 N–H and O–H groups in total. The van der Waals surface area contributed by atoms with Crippen molar-refractivity contribution >= 4 is 23.2 Å². The summed E-state index contributed by atoms with van der Waals surface area (Å²) in [5.41, 5.74) is 0.958. The molecule has 19 heavy (non-hydrogen) atoms. The summed E-state index contributed by atoms with van der Waals surface area (Å²) in [7, 11) is 0. The predicted molar refractivity (Wildman–Crippen MR) is 76.4 cm³/mol. The van der Waals surface area contributed by atoms with Gasteiger partial charge < -0.3 is 10.2 Å². The summed E-state index contributed by atoms with van der Waals surface area (Å²) in [6.07, 6.45) is 3.33. The van der Waals surface area contributed by atoms with Gasteiger partial charge in [-0.05, 0) is 50.1 Å². The number of thiophene rings is 1. The van der Waals surface area contributed by atoms with Crippen molar-refractivity contribution in [1.29, 1.82) is 0 Å². The maximum atomic E-state index is 12.2. The van der Waals surface area contributed by atoms with E-state index in [0.717, 1.165) is 31.5 Å². The first kappa shape index (κ1) is 14.1. The molecule has 4 nitrogen and oxygen atoms in total. The Kier molecular flexibility index (Phi) is 4.58. The molecule has 0 bridgehead atoms. The van der Waals surface area contributed by atoms with E-state index in [0.29, 0.717) is 4.88 Å². The van der Waals surface area contributed by atoms with Crippen LogP contribution in [0.15, 0.2) is 11.4 Å². The smallest absolute Gasteiger partial charge is 0.262 e. The second-order valence-electron chi connectivity index (χ2n) is 5.01. The van der Waals surface area contributed by atoms with Gasteiger partial charge in [0, 0.05) is 13.1 Å². The van der Waals surface area contributed by atoms with E-state index in [-0.39, 0.29) is 11.8 Å². The Balaban J connectivity index is 1.93. The minimum absolute atomic E-state index is 0.0299. The van der Waals surface area contributed by atoms with Gasteiger partial charge in [0.15, 0.2) is 0 Å². The molecule has 5 heteroatoms. The van der Waals surface area contributed by atoms with Gasteiger partial charge in [0.05, 0.1) is 4.88 Å². The molecule has 1 aromatic heterocycles. The van der Waals surface area contributed by atoms with Gasteiger partial charge in [-0.1, -0.05) is 0 Å². The number of carbonyl (C=O) groups excluding carboxylic acids is 2. The summed E-state index contributed by atoms with van der Waals surface area (Å²) in [5.74, 6) is -0.118. The van der Waals surface area contributed by atoms with Gasteiger partial charge in [-0.25, -0.2) is 0 Å². The number of hydrogen-bond acceptors (Lipinski definition) is 3. The maximum absolute atomic E-state index is 12.2. The molecule has 0 aromatic carbocycles. The molecule has 2 rings (SSSR count). The lowest BCUT2D eigenvalue weighted by molar-refractivity contribution is -0.133. The number of amides is 2. The molecule has 1 aliphatic rings. The first-order chi connectivity index (χ1) is 9.09. The second kappa shape index (κ2) is 6.19. The SMILES string of the molecule is Cc1ccsc1C(=O)NC(C)C(=O)N1CCCCC1. The van der Waals surface area contributed by atoms with Crippen molar-refractivity contribution in [2.24, 2.45) is 0 Å². The highest BCUT2D eigenvalue weighted by Crippen LogP contribution is 2.16. The second-order valence-corrected chi connectivity index (χ2v) is 5.93. The lowest BCUT2D eigenvalue weighted by Crippen LogP contribution is -2.48. The van der Waals surface area contributed by atoms with Crippen LogP contribution in [0.2, 0.25) is 0 Å². The monoisotopic (exact) mass is 280 g/mol. The zero-order valence-corrected chi connectivity index (χ0v) is 12.3. The van der Waals surface area contributed by atoms with Crippen LogP contribution in [0.3, 0.4) is 0 Å². The Morgan fingerprint density at radius 3 is 2.58 bits per heavy atom. The van der Waals surface area contributed by atoms with Crippen LogP contribution in [0, 0.1) is 6.92 Å². The molecule has 0 spiro atoms. The fraction of sp³-hybridized carbons (Fsp3) is 0.571. The van der Waals surface area contributed by atoms with E-state index in [1.54, 1.807) is 6.92 Å². The number of likely N-dealkylation sites (tertiary alicyclic amines) is 1. The molecule has 1 unspecified atom stereocenters. The number of carbonyl (C=O) groups is 2. The summed E-state index contributed by atoms with van der Waals surface area (Å²) < 4.78 is 0. The molecule has 2 amide bonds. The van der Waals surface area contributed by atoms with Crippen molar-refractivity contribution in [3.05, 3.63) is 21.9 Å². The molecule has 2 heterocycles. The largest absolute Gasteiger partial charge is 0.341 e. The summed E-state index contributed by atoms with van der Waals surface area (Å²) >= 11 is 1.41. The first-order valence-electron chi connectivity index (χ1n) is 6.73. The maximum Gasteiger partial charge on any atom is 0.262 e. The third kappa shape index (κ3) is 3.35. The zero-order valence-electron chi connectivity index (χ0n) is 11.4. The molecule has 1 atom stereocenters. The Bertz CT molecular complexity index is 464. The van der Waals surface area contributed by atoms with Gasteiger partial charge in [-0.15, -0.1) is 11.3 Å². The van der Waals surface area contributed by atoms with Gasteiger partial charge in [0.25, 0.3) is 5.91 Å². The Morgan fingerprint density at radius 1 is 1.32 bits per heavy atom. The Hall–Kier alpha value is -1.36. The molecular weight excluding hydrogens is 260 g/mol. The highest BCUT2D eigenvalue weighted by Gasteiger charge is 2.24. The van der Waals surface area contributed by atoms with E-state index in [2.05, 4.69) is 5.32 Å². The summed E-state index contributed by atoms with van der Waals surface area (Å²) in [4.78, 5) is 26.8. The average Bonchev–Trinajstić information content (AvgIpc) is 2.85. The van der Waals surface area contributed by atoms with E-state index in [1.165, 1.54) is 17.8 Å². The number of nitrogens with one attached hydrogen (secondary N) is 1. The summed E-state index contributed by atoms with van der Waals surface area (Å²) in [5, 5.41) is 4.69. The Morgan fingerprint density at radius 2 is 2.00 bits per heavy atom. The lowest BCUT2D eigenvalue weighted by Gasteiger charge is -2.29. The molecule has 1 aliphatic heterocycles. The third-order valence-corrected chi connectivity index (χ3v) is 4.47. The zero-order chi connectivity index (χ0) is 13.8. The third-order valence-electron chi connectivity index (χ3n) is 3.45. The lowest BCUT2D eigenvalue weighted by atomic mass is 10.1. The van der Waals surface area contributed by atoms with Crippen molar-refractivity contribution in [3.63, 3.8) is 0 Å². The predicted octanol–water partition coefficient (Wildman–Crippen LogP) is 2.19. The number of piperidine rings is 1. The molecule has 0 radical (unpaired) electrons. The highest BCUT2D eigenvalue weighted by molar-refractivity contribution is 7.12. The Labute approximate surface area is 117 Å². The van der Waals surface area contributed by atoms with E-state index in [9.17, 15) is 9.59 Å². The van der Waals surface area contributed by atoms with Crippen LogP contribution in [0.1, 0.15) is 41.4 Å². The van der Waals surface area contributed by atoms with Crippen LogP contribution in [0.25, 0.3) is 0 Å². The standard InChI is InChI=1S/C14H20N2O2S/c1-10-6-9-19-12(10)13(17)15-11(2)14(18)16-7-4-3-5-8-16/h6,9,11H,3-5,7-8H2,1-2H3,(H,15,17). The van der Waals surface area contributed by atoms with Crippen molar-refractivity contribution in [3.8, 4) is 0 Å². The van der Waals surface area contributed by atoms with Crippen LogP contribution in [0.5, 0.6) is 0 Å². The van der Waals surface area contributed by atoms with Crippen LogP contribution < -0.4 is 5.32 Å². The van der Waals surface area contributed by atoms with E-state index in [1.807, 2.05) is 23.3 Å². The molecule has 1 saturated heterocycles. The average molecular weight is 280 g/mol. The van der Waals surface area contributed by atoms with Crippen LogP contribution in [0.4, 0.5) is 0 Å². The molecule has 1 fully saturated rings. The minimum Gasteiger partial charge on any atom is -0.341 e. The van der Waals surface area contributed by atoms with Gasteiger partial charge in [-0.3, -0.25) is 9.59 Å². The topological polar surface area (TPSA) is 49.4 Å². The van der Waals surface area contributed by atoms with E-state index in [4.69, 9.17) is 0 Å². The van der Waals surface area contributed by atoms with Crippen molar-refractivity contribution in [1.82, 2.24) is 10.2 Å². The van der Waals surface area contributed by atoms with Crippen molar-refractivity contribution < 1.29 is 9.59 Å². The first-order valence-corrected chi connectivity index (χ1v) is 7.61. The fourth-order valence-electron chi connectivity index (χ4n) is 2.32. The highest BCUT2D eigenvalue weighted by atomic mass is 32.1. The fourth-order valence-corrected chi connectivity index (χ4v) is 3.15. The van der Waals surface area contributed by atoms with Crippen LogP contribution in [-0.4, -0.2) is 35.8 Å². The van der Waals surface area contributed by atoms with Crippen molar-refractivity contribution in [2.45, 2.75) is 39.2 Å². The van der Waals surface area contributed by atoms with Crippen LogP contribution >= 0.6 is 11.3 Å². The number of rotatable bonds is 3. The molecule has 0 aliphatic carbocycles. The normalized spacial score (nSPS) is 17.1. The van der Waals surface area contributed by atoms with Crippen LogP contribution in [-0.2, 0) is 4.79 Å². The summed E-state index contributed by atoms with van der Waals surface area (Å²) in [6.45, 7) is 5.30. The van der Waals surface area contributed by atoms with Gasteiger partial charge in [-0.2, -0.15) is 0 Å².